The highest BCUT2D eigenvalue weighted by atomic mass is 32.1. The highest BCUT2D eigenvalue weighted by Crippen LogP contribution is 2.66. The zero-order chi connectivity index (χ0) is 30.4. The molecule has 2 atom stereocenters. The van der Waals surface area contributed by atoms with Gasteiger partial charge in [0.1, 0.15) is 6.17 Å². The van der Waals surface area contributed by atoms with Crippen molar-refractivity contribution >= 4 is 28.1 Å². The second kappa shape index (κ2) is 11.1. The lowest BCUT2D eigenvalue weighted by molar-refractivity contribution is 0.512. The van der Waals surface area contributed by atoms with Gasteiger partial charge in [-0.1, -0.05) is 103 Å². The number of hydrogen-bond acceptors (Lipinski definition) is 5. The molecule has 0 saturated heterocycles. The van der Waals surface area contributed by atoms with Crippen LogP contribution in [0, 0.1) is 0 Å². The molecule has 0 amide bonds. The lowest BCUT2D eigenvalue weighted by atomic mass is 9.73. The van der Waals surface area contributed by atoms with E-state index in [1.807, 2.05) is 49.0 Å². The van der Waals surface area contributed by atoms with Crippen molar-refractivity contribution in [3.05, 3.63) is 173 Å². The van der Waals surface area contributed by atoms with Gasteiger partial charge in [0.05, 0.1) is 11.5 Å². The molecule has 0 fully saturated rings. The Hall–Kier alpha value is -5.10. The summed E-state index contributed by atoms with van der Waals surface area (Å²) in [6, 6.07) is 37.4. The third-order valence-corrected chi connectivity index (χ3v) is 10.5. The van der Waals surface area contributed by atoms with E-state index in [2.05, 4.69) is 125 Å². The Morgan fingerprint density at radius 2 is 1.53 bits per heavy atom. The summed E-state index contributed by atoms with van der Waals surface area (Å²) in [5, 5.41) is 8.16. The molecule has 2 aliphatic carbocycles. The van der Waals surface area contributed by atoms with Crippen LogP contribution in [0.3, 0.4) is 0 Å². The molecule has 8 rings (SSSR count). The van der Waals surface area contributed by atoms with E-state index in [4.69, 9.17) is 4.99 Å². The van der Waals surface area contributed by atoms with Gasteiger partial charge in [-0.25, -0.2) is 0 Å². The normalized spacial score (nSPS) is 15.2. The molecule has 0 bridgehead atoms. The molecule has 2 unspecified atom stereocenters. The first-order chi connectivity index (χ1) is 22.3. The Bertz CT molecular complexity index is 2080. The Labute approximate surface area is 267 Å². The predicted molar refractivity (Wildman–Crippen MR) is 188 cm³/mol. The van der Waals surface area contributed by atoms with Crippen molar-refractivity contribution in [2.75, 3.05) is 7.05 Å². The Morgan fingerprint density at radius 1 is 0.800 bits per heavy atom. The number of rotatable bonds is 8. The van der Waals surface area contributed by atoms with Crippen molar-refractivity contribution in [3.8, 4) is 22.3 Å². The Kier molecular flexibility index (Phi) is 6.78. The summed E-state index contributed by atoms with van der Waals surface area (Å²) in [7, 11) is 1.89. The highest BCUT2D eigenvalue weighted by molar-refractivity contribution is 7.20. The second-order valence-electron chi connectivity index (χ2n) is 11.5. The lowest BCUT2D eigenvalue weighted by Gasteiger charge is -2.30. The van der Waals surface area contributed by atoms with Crippen molar-refractivity contribution in [2.45, 2.75) is 17.6 Å². The zero-order valence-corrected chi connectivity index (χ0v) is 25.8. The summed E-state index contributed by atoms with van der Waals surface area (Å²) < 4.78 is 1.30. The molecule has 5 heteroatoms. The Balaban J connectivity index is 1.37. The van der Waals surface area contributed by atoms with E-state index in [0.717, 1.165) is 11.1 Å². The molecule has 45 heavy (non-hydrogen) atoms. The van der Waals surface area contributed by atoms with E-state index < -0.39 is 5.41 Å². The van der Waals surface area contributed by atoms with Crippen LogP contribution in [0.5, 0.6) is 0 Å². The smallest absolute Gasteiger partial charge is 0.126 e. The van der Waals surface area contributed by atoms with Crippen LogP contribution in [0.4, 0.5) is 0 Å². The first-order valence-corrected chi connectivity index (χ1v) is 16.1. The number of thiophene rings is 1. The molecule has 2 heterocycles. The number of aliphatic imine (C=N–C) groups is 1. The van der Waals surface area contributed by atoms with Crippen molar-refractivity contribution < 1.29 is 0 Å². The fourth-order valence-corrected chi connectivity index (χ4v) is 8.84. The molecule has 4 nitrogen and oxygen atoms in total. The van der Waals surface area contributed by atoms with Crippen LogP contribution in [-0.4, -0.2) is 18.7 Å². The van der Waals surface area contributed by atoms with E-state index in [1.54, 1.807) is 6.20 Å². The summed E-state index contributed by atoms with van der Waals surface area (Å²) in [5.74, 6) is 0. The number of fused-ring (bicyclic) bond motifs is 12. The summed E-state index contributed by atoms with van der Waals surface area (Å²) in [6.45, 7) is 4.11. The summed E-state index contributed by atoms with van der Waals surface area (Å²) in [5.41, 5.74) is 11.0. The molecule has 1 spiro atoms. The van der Waals surface area contributed by atoms with Crippen LogP contribution in [0.2, 0.25) is 0 Å². The van der Waals surface area contributed by atoms with Gasteiger partial charge in [-0.2, -0.15) is 0 Å². The van der Waals surface area contributed by atoms with Gasteiger partial charge in [0.25, 0.3) is 0 Å². The highest BCUT2D eigenvalue weighted by Gasteiger charge is 2.54. The second-order valence-corrected chi connectivity index (χ2v) is 12.5. The minimum absolute atomic E-state index is 0.131. The Morgan fingerprint density at radius 3 is 2.27 bits per heavy atom. The maximum absolute atomic E-state index is 4.74. The average molecular weight is 601 g/mol. The van der Waals surface area contributed by atoms with Gasteiger partial charge < -0.3 is 5.32 Å². The number of benzene rings is 4. The van der Waals surface area contributed by atoms with Crippen molar-refractivity contribution in [1.29, 1.82) is 0 Å². The fourth-order valence-electron chi connectivity index (χ4n) is 7.40. The predicted octanol–water partition coefficient (Wildman–Crippen LogP) is 8.96. The average Bonchev–Trinajstić information content (AvgIpc) is 3.72. The number of hydrogen-bond donors (Lipinski definition) is 2. The minimum atomic E-state index is -0.399. The molecule has 0 radical (unpaired) electrons. The van der Waals surface area contributed by atoms with Gasteiger partial charge in [-0.05, 0) is 75.6 Å². The van der Waals surface area contributed by atoms with E-state index in [9.17, 15) is 0 Å². The summed E-state index contributed by atoms with van der Waals surface area (Å²) >= 11 is 1.92. The molecular formula is C40H32N4S. The van der Waals surface area contributed by atoms with Gasteiger partial charge in [0.2, 0.25) is 0 Å². The first kappa shape index (κ1) is 27.4. The molecule has 6 aromatic rings. The molecule has 4 aromatic carbocycles. The molecule has 2 N–H and O–H groups in total. The number of allylic oxidation sites excluding steroid dienone is 2. The van der Waals surface area contributed by atoms with Crippen LogP contribution >= 0.6 is 11.3 Å². The van der Waals surface area contributed by atoms with E-state index in [0.29, 0.717) is 0 Å². The molecule has 2 aromatic heterocycles. The van der Waals surface area contributed by atoms with Crippen LogP contribution < -0.4 is 10.6 Å². The largest absolute Gasteiger partial charge is 0.394 e. The number of nitrogens with zero attached hydrogens (tertiary/aromatic N) is 2. The molecule has 218 valence electrons. The molecular weight excluding hydrogens is 569 g/mol. The van der Waals surface area contributed by atoms with Crippen LogP contribution in [-0.2, 0) is 5.41 Å². The van der Waals surface area contributed by atoms with E-state index >= 15 is 0 Å². The maximum Gasteiger partial charge on any atom is 0.126 e. The van der Waals surface area contributed by atoms with E-state index in [-0.39, 0.29) is 12.2 Å². The van der Waals surface area contributed by atoms with Gasteiger partial charge in [-0.15, -0.1) is 11.3 Å². The quantitative estimate of drug-likeness (QED) is 0.135. The van der Waals surface area contributed by atoms with Crippen molar-refractivity contribution in [1.82, 2.24) is 15.6 Å². The van der Waals surface area contributed by atoms with Crippen LogP contribution in [0.1, 0.15) is 44.9 Å². The van der Waals surface area contributed by atoms with E-state index in [1.165, 1.54) is 53.9 Å². The standard InChI is InChI=1S/C40H32N4S/c1-41-23-10-9-21-34(26-13-12-24-43-25-26)44-39(42-2)30-17-11-20-33-36(30)37-29-16-5-8-22-35(29)45-38(37)40(33)31-18-6-3-14-27(31)28-15-4-7-19-32(28)40/h3-25,34,39,41,44H,2H2,1H3/b21-9+,23-10-. The third-order valence-electron chi connectivity index (χ3n) is 9.17. The maximum atomic E-state index is 4.74. The topological polar surface area (TPSA) is 49.3 Å². The van der Waals surface area contributed by atoms with Gasteiger partial charge in [-0.3, -0.25) is 15.3 Å². The number of nitrogens with one attached hydrogen (secondary N) is 2. The first-order valence-electron chi connectivity index (χ1n) is 15.2. The SMILES string of the molecule is C=NC(NC(/C=C/C=C\NC)c1cccnc1)c1cccc2c1-c1c(sc3ccccc13)C21c2ccccc2-c2ccccc21. The third kappa shape index (κ3) is 4.08. The summed E-state index contributed by atoms with van der Waals surface area (Å²) in [6.07, 6.45) is 11.4. The van der Waals surface area contributed by atoms with Gasteiger partial charge >= 0.3 is 0 Å². The number of pyridine rings is 1. The minimum Gasteiger partial charge on any atom is -0.394 e. The number of aromatic nitrogens is 1. The molecule has 0 saturated carbocycles. The fraction of sp³-hybridized carbons (Fsp3) is 0.100. The van der Waals surface area contributed by atoms with Crippen molar-refractivity contribution in [3.63, 3.8) is 0 Å². The monoisotopic (exact) mass is 600 g/mol. The molecule has 2 aliphatic rings. The van der Waals surface area contributed by atoms with Gasteiger partial charge in [0, 0.05) is 40.0 Å². The lowest BCUT2D eigenvalue weighted by Crippen LogP contribution is -2.26. The molecule has 0 aliphatic heterocycles. The summed E-state index contributed by atoms with van der Waals surface area (Å²) in [4.78, 5) is 10.5. The van der Waals surface area contributed by atoms with Crippen molar-refractivity contribution in [2.24, 2.45) is 4.99 Å². The zero-order valence-electron chi connectivity index (χ0n) is 24.9. The van der Waals surface area contributed by atoms with Crippen LogP contribution in [0.25, 0.3) is 32.3 Å². The van der Waals surface area contributed by atoms with Crippen LogP contribution in [0.15, 0.2) is 145 Å². The van der Waals surface area contributed by atoms with Gasteiger partial charge in [0.15, 0.2) is 0 Å².